The molecule has 5 nitrogen and oxygen atoms in total. The van der Waals surface area contributed by atoms with Gasteiger partial charge in [-0.3, -0.25) is 9.59 Å². The second kappa shape index (κ2) is 11.4. The van der Waals surface area contributed by atoms with Gasteiger partial charge in [0.25, 0.3) is 5.91 Å². The minimum Gasteiger partial charge on any atom is -0.496 e. The van der Waals surface area contributed by atoms with E-state index in [4.69, 9.17) is 4.74 Å². The molecule has 2 amide bonds. The minimum absolute atomic E-state index is 0.117. The number of hydrogen-bond donors (Lipinski definition) is 0. The van der Waals surface area contributed by atoms with E-state index in [9.17, 15) is 14.0 Å². The standard InChI is InChI=1S/C26H27FN2O3S/c1-4-14-28(26(31)22-7-5-6-8-23(22)32-3)18-25(30)29(17-24-19(2)13-15-33-24)16-20-9-11-21(27)12-10-20/h4-13,15H,1,14,16-18H2,2-3H3. The fourth-order valence-electron chi connectivity index (χ4n) is 3.41. The number of carbonyl (C=O) groups excluding carboxylic acids is 2. The zero-order valence-corrected chi connectivity index (χ0v) is 19.6. The Labute approximate surface area is 197 Å². The second-order valence-corrected chi connectivity index (χ2v) is 8.58. The van der Waals surface area contributed by atoms with E-state index in [2.05, 4.69) is 6.58 Å². The van der Waals surface area contributed by atoms with E-state index in [1.165, 1.54) is 24.1 Å². The van der Waals surface area contributed by atoms with Crippen molar-refractivity contribution in [2.75, 3.05) is 20.2 Å². The summed E-state index contributed by atoms with van der Waals surface area (Å²) in [6.45, 7) is 6.55. The Morgan fingerprint density at radius 2 is 1.79 bits per heavy atom. The molecule has 0 atom stereocenters. The molecule has 33 heavy (non-hydrogen) atoms. The van der Waals surface area contributed by atoms with E-state index < -0.39 is 0 Å². The smallest absolute Gasteiger partial charge is 0.258 e. The minimum atomic E-state index is -0.328. The van der Waals surface area contributed by atoms with Crippen LogP contribution >= 0.6 is 11.3 Å². The van der Waals surface area contributed by atoms with Crippen molar-refractivity contribution in [1.82, 2.24) is 9.80 Å². The predicted octanol–water partition coefficient (Wildman–Crippen LogP) is 5.06. The van der Waals surface area contributed by atoms with E-state index in [0.717, 1.165) is 16.0 Å². The molecule has 0 aliphatic heterocycles. The molecule has 7 heteroatoms. The first-order chi connectivity index (χ1) is 15.9. The molecule has 0 aliphatic carbocycles. The first kappa shape index (κ1) is 24.2. The van der Waals surface area contributed by atoms with Gasteiger partial charge in [-0.05, 0) is 53.8 Å². The van der Waals surface area contributed by atoms with Gasteiger partial charge in [-0.2, -0.15) is 0 Å². The van der Waals surface area contributed by atoms with Gasteiger partial charge < -0.3 is 14.5 Å². The van der Waals surface area contributed by atoms with Crippen LogP contribution in [0.1, 0.15) is 26.4 Å². The molecule has 0 spiro atoms. The summed E-state index contributed by atoms with van der Waals surface area (Å²) in [6.07, 6.45) is 1.59. The van der Waals surface area contributed by atoms with Crippen molar-refractivity contribution >= 4 is 23.2 Å². The van der Waals surface area contributed by atoms with Gasteiger partial charge in [-0.1, -0.05) is 30.3 Å². The normalized spacial score (nSPS) is 10.5. The fourth-order valence-corrected chi connectivity index (χ4v) is 4.33. The summed E-state index contributed by atoms with van der Waals surface area (Å²) in [7, 11) is 1.50. The summed E-state index contributed by atoms with van der Waals surface area (Å²) in [6, 6.07) is 15.0. The van der Waals surface area contributed by atoms with Crippen molar-refractivity contribution in [3.05, 3.63) is 100 Å². The number of halogens is 1. The van der Waals surface area contributed by atoms with Crippen molar-refractivity contribution in [1.29, 1.82) is 0 Å². The Morgan fingerprint density at radius 3 is 2.42 bits per heavy atom. The number of hydrogen-bond acceptors (Lipinski definition) is 4. The topological polar surface area (TPSA) is 49.9 Å². The predicted molar refractivity (Wildman–Crippen MR) is 129 cm³/mol. The molecule has 0 saturated heterocycles. The monoisotopic (exact) mass is 466 g/mol. The number of methoxy groups -OCH3 is 1. The average molecular weight is 467 g/mol. The van der Waals surface area contributed by atoms with Crippen LogP contribution < -0.4 is 4.74 Å². The maximum absolute atomic E-state index is 13.4. The lowest BCUT2D eigenvalue weighted by molar-refractivity contribution is -0.133. The van der Waals surface area contributed by atoms with Gasteiger partial charge in [0.15, 0.2) is 0 Å². The van der Waals surface area contributed by atoms with Crippen LogP contribution in [0.15, 0.2) is 72.6 Å². The fraction of sp³-hybridized carbons (Fsp3) is 0.231. The van der Waals surface area contributed by atoms with Crippen molar-refractivity contribution in [2.24, 2.45) is 0 Å². The molecule has 2 aromatic carbocycles. The Hall–Kier alpha value is -3.45. The third kappa shape index (κ3) is 6.29. The van der Waals surface area contributed by atoms with Gasteiger partial charge in [0.05, 0.1) is 19.2 Å². The maximum atomic E-state index is 13.4. The summed E-state index contributed by atoms with van der Waals surface area (Å²) < 4.78 is 18.7. The molecular weight excluding hydrogens is 439 g/mol. The van der Waals surface area contributed by atoms with Gasteiger partial charge in [0, 0.05) is 18.0 Å². The van der Waals surface area contributed by atoms with Gasteiger partial charge in [0.1, 0.15) is 18.1 Å². The lowest BCUT2D eigenvalue weighted by Gasteiger charge is -2.27. The van der Waals surface area contributed by atoms with Crippen LogP contribution in [0.25, 0.3) is 0 Å². The largest absolute Gasteiger partial charge is 0.496 e. The highest BCUT2D eigenvalue weighted by atomic mass is 32.1. The van der Waals surface area contributed by atoms with E-state index in [-0.39, 0.29) is 30.7 Å². The van der Waals surface area contributed by atoms with Crippen molar-refractivity contribution < 1.29 is 18.7 Å². The molecule has 0 N–H and O–H groups in total. The van der Waals surface area contributed by atoms with Crippen molar-refractivity contribution in [2.45, 2.75) is 20.0 Å². The first-order valence-electron chi connectivity index (χ1n) is 10.5. The van der Waals surface area contributed by atoms with E-state index in [1.54, 1.807) is 58.7 Å². The number of nitrogens with zero attached hydrogens (tertiary/aromatic N) is 2. The number of carbonyl (C=O) groups is 2. The van der Waals surface area contributed by atoms with Gasteiger partial charge >= 0.3 is 0 Å². The summed E-state index contributed by atoms with van der Waals surface area (Å²) in [5, 5.41) is 1.99. The molecule has 0 saturated carbocycles. The highest BCUT2D eigenvalue weighted by Crippen LogP contribution is 2.22. The number of rotatable bonds is 10. The van der Waals surface area contributed by atoms with Crippen LogP contribution in [0.3, 0.4) is 0 Å². The second-order valence-electron chi connectivity index (χ2n) is 7.58. The quantitative estimate of drug-likeness (QED) is 0.393. The third-order valence-corrected chi connectivity index (χ3v) is 6.25. The number of aryl methyl sites for hydroxylation is 1. The zero-order valence-electron chi connectivity index (χ0n) is 18.8. The summed E-state index contributed by atoms with van der Waals surface area (Å²) in [5.41, 5.74) is 2.30. The van der Waals surface area contributed by atoms with E-state index in [0.29, 0.717) is 24.4 Å². The van der Waals surface area contributed by atoms with Crippen LogP contribution in [-0.4, -0.2) is 41.8 Å². The molecule has 172 valence electrons. The zero-order chi connectivity index (χ0) is 23.8. The van der Waals surface area contributed by atoms with Crippen molar-refractivity contribution in [3.63, 3.8) is 0 Å². The Kier molecular flexibility index (Phi) is 8.38. The molecule has 3 rings (SSSR count). The Bertz CT molecular complexity index is 1110. The number of benzene rings is 2. The molecule has 0 aliphatic rings. The van der Waals surface area contributed by atoms with E-state index >= 15 is 0 Å². The molecular formula is C26H27FN2O3S. The number of ether oxygens (including phenoxy) is 1. The Morgan fingerprint density at radius 1 is 1.06 bits per heavy atom. The highest BCUT2D eigenvalue weighted by molar-refractivity contribution is 7.10. The maximum Gasteiger partial charge on any atom is 0.258 e. The lowest BCUT2D eigenvalue weighted by Crippen LogP contribution is -2.42. The number of amides is 2. The number of thiophene rings is 1. The average Bonchev–Trinajstić information content (AvgIpc) is 3.23. The highest BCUT2D eigenvalue weighted by Gasteiger charge is 2.24. The van der Waals surface area contributed by atoms with Crippen LogP contribution in [-0.2, 0) is 17.9 Å². The van der Waals surface area contributed by atoms with Gasteiger partial charge in [-0.15, -0.1) is 17.9 Å². The SMILES string of the molecule is C=CCN(CC(=O)N(Cc1ccc(F)cc1)Cc1sccc1C)C(=O)c1ccccc1OC. The molecule has 0 radical (unpaired) electrons. The first-order valence-corrected chi connectivity index (χ1v) is 11.4. The molecule has 0 fully saturated rings. The molecule has 1 heterocycles. The van der Waals surface area contributed by atoms with E-state index in [1.807, 2.05) is 18.4 Å². The summed E-state index contributed by atoms with van der Waals surface area (Å²) >= 11 is 1.58. The Balaban J connectivity index is 1.84. The lowest BCUT2D eigenvalue weighted by atomic mass is 10.1. The third-order valence-electron chi connectivity index (χ3n) is 5.24. The summed E-state index contributed by atoms with van der Waals surface area (Å²) in [4.78, 5) is 30.9. The van der Waals surface area contributed by atoms with Gasteiger partial charge in [0.2, 0.25) is 5.91 Å². The van der Waals surface area contributed by atoms with Crippen molar-refractivity contribution in [3.8, 4) is 5.75 Å². The van der Waals surface area contributed by atoms with Gasteiger partial charge in [-0.25, -0.2) is 4.39 Å². The van der Waals surface area contributed by atoms with Crippen LogP contribution in [0.4, 0.5) is 4.39 Å². The molecule has 0 bridgehead atoms. The molecule has 0 unspecified atom stereocenters. The van der Waals surface area contributed by atoms with Crippen LogP contribution in [0.2, 0.25) is 0 Å². The molecule has 3 aromatic rings. The van der Waals surface area contributed by atoms with Crippen LogP contribution in [0.5, 0.6) is 5.75 Å². The number of para-hydroxylation sites is 1. The van der Waals surface area contributed by atoms with Crippen LogP contribution in [0, 0.1) is 12.7 Å². The molecule has 1 aromatic heterocycles. The summed E-state index contributed by atoms with van der Waals surface area (Å²) in [5.74, 6) is -0.404.